The van der Waals surface area contributed by atoms with E-state index in [4.69, 9.17) is 16.3 Å². The Bertz CT molecular complexity index is 659. The third-order valence-electron chi connectivity index (χ3n) is 3.13. The highest BCUT2D eigenvalue weighted by atomic mass is 35.5. The van der Waals surface area contributed by atoms with E-state index < -0.39 is 0 Å². The van der Waals surface area contributed by atoms with Gasteiger partial charge in [-0.1, -0.05) is 23.7 Å². The normalized spacial score (nSPS) is 10.1. The van der Waals surface area contributed by atoms with Gasteiger partial charge in [-0.25, -0.2) is 0 Å². The monoisotopic (exact) mass is 318 g/mol. The van der Waals surface area contributed by atoms with Crippen molar-refractivity contribution in [2.75, 3.05) is 24.3 Å². The maximum atomic E-state index is 12.0. The van der Waals surface area contributed by atoms with Gasteiger partial charge in [-0.05, 0) is 42.8 Å². The molecule has 0 aliphatic carbocycles. The summed E-state index contributed by atoms with van der Waals surface area (Å²) >= 11 is 5.91. The van der Waals surface area contributed by atoms with E-state index in [1.807, 2.05) is 49.4 Å². The number of methoxy groups -OCH3 is 1. The lowest BCUT2D eigenvalue weighted by molar-refractivity contribution is -0.115. The Morgan fingerprint density at radius 2 is 2.05 bits per heavy atom. The third-order valence-corrected chi connectivity index (χ3v) is 3.37. The van der Waals surface area contributed by atoms with Crippen molar-refractivity contribution < 1.29 is 9.53 Å². The van der Waals surface area contributed by atoms with E-state index in [0.717, 1.165) is 11.3 Å². The zero-order chi connectivity index (χ0) is 15.9. The molecule has 0 spiro atoms. The van der Waals surface area contributed by atoms with Crippen LogP contribution in [-0.4, -0.2) is 19.6 Å². The van der Waals surface area contributed by atoms with Crippen LogP contribution in [-0.2, 0) is 4.79 Å². The molecule has 0 radical (unpaired) electrons. The molecule has 0 saturated heterocycles. The van der Waals surface area contributed by atoms with Crippen LogP contribution in [0.4, 0.5) is 11.4 Å². The summed E-state index contributed by atoms with van der Waals surface area (Å²) in [6.45, 7) is 2.50. The van der Waals surface area contributed by atoms with Crippen LogP contribution in [0.1, 0.15) is 12.0 Å². The van der Waals surface area contributed by atoms with Gasteiger partial charge in [0, 0.05) is 23.7 Å². The van der Waals surface area contributed by atoms with E-state index in [2.05, 4.69) is 10.6 Å². The zero-order valence-corrected chi connectivity index (χ0v) is 13.4. The maximum Gasteiger partial charge on any atom is 0.226 e. The standard InChI is InChI=1S/C17H19ClN2O2/c1-12-6-7-16(22-2)15(10-12)20-17(21)8-9-19-14-5-3-4-13(18)11-14/h3-7,10-11,19H,8-9H2,1-2H3,(H,20,21). The number of anilines is 2. The summed E-state index contributed by atoms with van der Waals surface area (Å²) in [5, 5.41) is 6.70. The molecule has 116 valence electrons. The van der Waals surface area contributed by atoms with Crippen LogP contribution in [0.3, 0.4) is 0 Å². The largest absolute Gasteiger partial charge is 0.495 e. The predicted molar refractivity (Wildman–Crippen MR) is 90.9 cm³/mol. The van der Waals surface area contributed by atoms with E-state index in [0.29, 0.717) is 29.4 Å². The Balaban J connectivity index is 1.87. The molecule has 0 saturated carbocycles. The summed E-state index contributed by atoms with van der Waals surface area (Å²) in [5.74, 6) is 0.583. The van der Waals surface area contributed by atoms with Gasteiger partial charge in [-0.15, -0.1) is 0 Å². The topological polar surface area (TPSA) is 50.4 Å². The smallest absolute Gasteiger partial charge is 0.226 e. The highest BCUT2D eigenvalue weighted by Gasteiger charge is 2.07. The molecular weight excluding hydrogens is 300 g/mol. The average molecular weight is 319 g/mol. The molecule has 5 heteroatoms. The highest BCUT2D eigenvalue weighted by molar-refractivity contribution is 6.30. The van der Waals surface area contributed by atoms with E-state index in [1.54, 1.807) is 7.11 Å². The van der Waals surface area contributed by atoms with Crippen molar-refractivity contribution >= 4 is 28.9 Å². The van der Waals surface area contributed by atoms with E-state index in [-0.39, 0.29) is 5.91 Å². The molecule has 0 fully saturated rings. The minimum Gasteiger partial charge on any atom is -0.495 e. The van der Waals surface area contributed by atoms with Crippen LogP contribution in [0.25, 0.3) is 0 Å². The first-order chi connectivity index (χ1) is 10.6. The number of nitrogens with one attached hydrogen (secondary N) is 2. The molecule has 4 nitrogen and oxygen atoms in total. The molecule has 0 bridgehead atoms. The zero-order valence-electron chi connectivity index (χ0n) is 12.7. The first-order valence-corrected chi connectivity index (χ1v) is 7.40. The SMILES string of the molecule is COc1ccc(C)cc1NC(=O)CCNc1cccc(Cl)c1. The summed E-state index contributed by atoms with van der Waals surface area (Å²) in [6.07, 6.45) is 0.351. The minimum absolute atomic E-state index is 0.0709. The molecule has 0 aliphatic heterocycles. The molecular formula is C17H19ClN2O2. The lowest BCUT2D eigenvalue weighted by Crippen LogP contribution is -2.16. The van der Waals surface area contributed by atoms with Crippen LogP contribution in [0, 0.1) is 6.92 Å². The fourth-order valence-electron chi connectivity index (χ4n) is 2.05. The maximum absolute atomic E-state index is 12.0. The Kier molecular flexibility index (Phi) is 5.67. The number of halogens is 1. The average Bonchev–Trinajstić information content (AvgIpc) is 2.47. The summed E-state index contributed by atoms with van der Waals surface area (Å²) < 4.78 is 5.24. The van der Waals surface area contributed by atoms with Crippen molar-refractivity contribution in [3.05, 3.63) is 53.1 Å². The van der Waals surface area contributed by atoms with Gasteiger partial charge < -0.3 is 15.4 Å². The van der Waals surface area contributed by atoms with Crippen LogP contribution in [0.15, 0.2) is 42.5 Å². The predicted octanol–water partition coefficient (Wildman–Crippen LogP) is 4.10. The van der Waals surface area contributed by atoms with E-state index >= 15 is 0 Å². The van der Waals surface area contributed by atoms with Crippen molar-refractivity contribution in [1.82, 2.24) is 0 Å². The van der Waals surface area contributed by atoms with Gasteiger partial charge in [0.2, 0.25) is 5.91 Å². The number of amides is 1. The molecule has 0 aromatic heterocycles. The Hall–Kier alpha value is -2.20. The van der Waals surface area contributed by atoms with Gasteiger partial charge in [0.15, 0.2) is 0 Å². The number of benzene rings is 2. The summed E-state index contributed by atoms with van der Waals surface area (Å²) in [6, 6.07) is 13.1. The van der Waals surface area contributed by atoms with Crippen LogP contribution < -0.4 is 15.4 Å². The van der Waals surface area contributed by atoms with E-state index in [1.165, 1.54) is 0 Å². The van der Waals surface area contributed by atoms with Crippen molar-refractivity contribution in [1.29, 1.82) is 0 Å². The van der Waals surface area contributed by atoms with Crippen LogP contribution in [0.2, 0.25) is 5.02 Å². The number of carbonyl (C=O) groups excluding carboxylic acids is 1. The summed E-state index contributed by atoms with van der Waals surface area (Å²) in [4.78, 5) is 12.0. The minimum atomic E-state index is -0.0709. The molecule has 0 unspecified atom stereocenters. The molecule has 2 N–H and O–H groups in total. The first-order valence-electron chi connectivity index (χ1n) is 7.02. The van der Waals surface area contributed by atoms with Crippen LogP contribution in [0.5, 0.6) is 5.75 Å². The third kappa shape index (κ3) is 4.67. The molecule has 22 heavy (non-hydrogen) atoms. The van der Waals surface area contributed by atoms with E-state index in [9.17, 15) is 4.79 Å². The molecule has 0 heterocycles. The second-order valence-corrected chi connectivity index (χ2v) is 5.38. The van der Waals surface area contributed by atoms with Gasteiger partial charge in [0.25, 0.3) is 0 Å². The molecule has 2 aromatic carbocycles. The number of hydrogen-bond acceptors (Lipinski definition) is 3. The van der Waals surface area contributed by atoms with Gasteiger partial charge in [0.1, 0.15) is 5.75 Å². The fraction of sp³-hybridized carbons (Fsp3) is 0.235. The molecule has 0 aliphatic rings. The van der Waals surface area contributed by atoms with Gasteiger partial charge in [-0.3, -0.25) is 4.79 Å². The molecule has 0 atom stereocenters. The number of carbonyl (C=O) groups is 1. The van der Waals surface area contributed by atoms with Gasteiger partial charge in [0.05, 0.1) is 12.8 Å². The second kappa shape index (κ2) is 7.71. The second-order valence-electron chi connectivity index (χ2n) is 4.94. The number of rotatable bonds is 6. The molecule has 2 aromatic rings. The Morgan fingerprint density at radius 3 is 2.77 bits per heavy atom. The van der Waals surface area contributed by atoms with Crippen molar-refractivity contribution in [2.24, 2.45) is 0 Å². The molecule has 1 amide bonds. The number of ether oxygens (including phenoxy) is 1. The van der Waals surface area contributed by atoms with Crippen molar-refractivity contribution in [2.45, 2.75) is 13.3 Å². The lowest BCUT2D eigenvalue weighted by atomic mass is 10.2. The van der Waals surface area contributed by atoms with Crippen molar-refractivity contribution in [3.8, 4) is 5.75 Å². The van der Waals surface area contributed by atoms with Gasteiger partial charge >= 0.3 is 0 Å². The quantitative estimate of drug-likeness (QED) is 0.843. The van der Waals surface area contributed by atoms with Crippen LogP contribution >= 0.6 is 11.6 Å². The van der Waals surface area contributed by atoms with Gasteiger partial charge in [-0.2, -0.15) is 0 Å². The highest BCUT2D eigenvalue weighted by Crippen LogP contribution is 2.25. The Labute approximate surface area is 135 Å². The van der Waals surface area contributed by atoms with Crippen molar-refractivity contribution in [3.63, 3.8) is 0 Å². The molecule has 2 rings (SSSR count). The summed E-state index contributed by atoms with van der Waals surface area (Å²) in [5.41, 5.74) is 2.65. The first kappa shape index (κ1) is 16.2. The number of hydrogen-bond donors (Lipinski definition) is 2. The summed E-state index contributed by atoms with van der Waals surface area (Å²) in [7, 11) is 1.58. The Morgan fingerprint density at radius 1 is 1.23 bits per heavy atom. The fourth-order valence-corrected chi connectivity index (χ4v) is 2.24. The lowest BCUT2D eigenvalue weighted by Gasteiger charge is -2.11. The number of aryl methyl sites for hydroxylation is 1.